The molecule has 1 fully saturated rings. The third kappa shape index (κ3) is 4.79. The largest absolute Gasteiger partial charge is 0.391 e. The topological polar surface area (TPSA) is 12.0 Å². The van der Waals surface area contributed by atoms with Gasteiger partial charge < -0.3 is 5.32 Å². The molecule has 1 N–H and O–H groups in total. The second-order valence-corrected chi connectivity index (χ2v) is 5.47. The molecular formula is C14H26F3N. The summed E-state index contributed by atoms with van der Waals surface area (Å²) in [6.07, 6.45) is 1.55. The molecule has 0 bridgehead atoms. The predicted octanol–water partition coefficient (Wildman–Crippen LogP) is 4.52. The lowest BCUT2D eigenvalue weighted by atomic mass is 9.76. The highest BCUT2D eigenvalue weighted by molar-refractivity contribution is 4.84. The molecule has 1 nitrogen and oxygen atoms in total. The highest BCUT2D eigenvalue weighted by Crippen LogP contribution is 2.41. The zero-order valence-electron chi connectivity index (χ0n) is 11.5. The van der Waals surface area contributed by atoms with Crippen molar-refractivity contribution in [3.05, 3.63) is 0 Å². The number of hydrogen-bond acceptors (Lipinski definition) is 1. The summed E-state index contributed by atoms with van der Waals surface area (Å²) in [5.74, 6) is -0.865. The molecule has 3 atom stereocenters. The second kappa shape index (κ2) is 7.37. The Morgan fingerprint density at radius 1 is 1.22 bits per heavy atom. The second-order valence-electron chi connectivity index (χ2n) is 5.47. The minimum atomic E-state index is -4.00. The molecule has 18 heavy (non-hydrogen) atoms. The summed E-state index contributed by atoms with van der Waals surface area (Å²) in [5.41, 5.74) is 0. The van der Waals surface area contributed by atoms with Crippen LogP contribution in [0.15, 0.2) is 0 Å². The Morgan fingerprint density at radius 2 is 1.94 bits per heavy atom. The van der Waals surface area contributed by atoms with E-state index in [4.69, 9.17) is 0 Å². The van der Waals surface area contributed by atoms with Crippen LogP contribution in [-0.2, 0) is 0 Å². The van der Waals surface area contributed by atoms with Crippen molar-refractivity contribution in [3.8, 4) is 0 Å². The molecule has 1 aliphatic carbocycles. The van der Waals surface area contributed by atoms with Gasteiger partial charge in [0.15, 0.2) is 0 Å². The number of unbranched alkanes of at least 4 members (excludes halogenated alkanes) is 1. The lowest BCUT2D eigenvalue weighted by molar-refractivity contribution is -0.186. The predicted molar refractivity (Wildman–Crippen MR) is 68.5 cm³/mol. The van der Waals surface area contributed by atoms with Crippen LogP contribution in [0.5, 0.6) is 0 Å². The standard InChI is InChI=1S/C14H26F3N/c1-3-5-9-13(18-4-2)11-7-6-8-12(10-11)14(15,16)17/h11-13,18H,3-10H2,1-2H3. The van der Waals surface area contributed by atoms with Crippen LogP contribution in [0.2, 0.25) is 0 Å². The Bertz CT molecular complexity index is 228. The van der Waals surface area contributed by atoms with Crippen molar-refractivity contribution in [2.45, 2.75) is 71.0 Å². The highest BCUT2D eigenvalue weighted by atomic mass is 19.4. The fourth-order valence-electron chi connectivity index (χ4n) is 3.08. The number of nitrogens with one attached hydrogen (secondary N) is 1. The summed E-state index contributed by atoms with van der Waals surface area (Å²) < 4.78 is 38.4. The van der Waals surface area contributed by atoms with E-state index in [9.17, 15) is 13.2 Å². The molecular weight excluding hydrogens is 239 g/mol. The first kappa shape index (κ1) is 15.8. The van der Waals surface area contributed by atoms with E-state index in [1.807, 2.05) is 6.92 Å². The van der Waals surface area contributed by atoms with Crippen molar-refractivity contribution >= 4 is 0 Å². The summed E-state index contributed by atoms with van der Waals surface area (Å²) in [4.78, 5) is 0. The zero-order valence-corrected chi connectivity index (χ0v) is 11.5. The molecule has 108 valence electrons. The molecule has 0 aliphatic heterocycles. The van der Waals surface area contributed by atoms with Crippen LogP contribution in [0.25, 0.3) is 0 Å². The van der Waals surface area contributed by atoms with Gasteiger partial charge in [0.05, 0.1) is 5.92 Å². The maximum atomic E-state index is 12.8. The molecule has 0 radical (unpaired) electrons. The maximum Gasteiger partial charge on any atom is 0.391 e. The van der Waals surface area contributed by atoms with Gasteiger partial charge in [-0.1, -0.05) is 33.1 Å². The molecule has 0 aromatic carbocycles. The Labute approximate surface area is 109 Å². The van der Waals surface area contributed by atoms with Gasteiger partial charge in [-0.25, -0.2) is 0 Å². The van der Waals surface area contributed by atoms with Gasteiger partial charge in [-0.15, -0.1) is 0 Å². The van der Waals surface area contributed by atoms with Gasteiger partial charge >= 0.3 is 6.18 Å². The van der Waals surface area contributed by atoms with Crippen LogP contribution in [0, 0.1) is 11.8 Å². The molecule has 1 saturated carbocycles. The molecule has 1 aliphatic rings. The van der Waals surface area contributed by atoms with Crippen molar-refractivity contribution in [1.82, 2.24) is 5.32 Å². The van der Waals surface area contributed by atoms with Crippen LogP contribution in [-0.4, -0.2) is 18.8 Å². The van der Waals surface area contributed by atoms with Crippen molar-refractivity contribution < 1.29 is 13.2 Å². The van der Waals surface area contributed by atoms with E-state index in [0.717, 1.165) is 38.6 Å². The first-order valence-corrected chi connectivity index (χ1v) is 7.29. The summed E-state index contributed by atoms with van der Waals surface area (Å²) in [5, 5.41) is 3.39. The Hall–Kier alpha value is -0.250. The van der Waals surface area contributed by atoms with Crippen LogP contribution in [0.4, 0.5) is 13.2 Å². The molecule has 3 unspecified atom stereocenters. The first-order valence-electron chi connectivity index (χ1n) is 7.29. The third-order valence-corrected chi connectivity index (χ3v) is 4.08. The van der Waals surface area contributed by atoms with E-state index in [1.165, 1.54) is 0 Å². The monoisotopic (exact) mass is 265 g/mol. The molecule has 0 saturated heterocycles. The first-order chi connectivity index (χ1) is 8.49. The van der Waals surface area contributed by atoms with Gasteiger partial charge in [-0.2, -0.15) is 13.2 Å². The lowest BCUT2D eigenvalue weighted by Gasteiger charge is -2.35. The Morgan fingerprint density at radius 3 is 2.50 bits per heavy atom. The summed E-state index contributed by atoms with van der Waals surface area (Å²) in [7, 11) is 0. The summed E-state index contributed by atoms with van der Waals surface area (Å²) in [6.45, 7) is 5.01. The van der Waals surface area contributed by atoms with Crippen LogP contribution >= 0.6 is 0 Å². The average Bonchev–Trinajstić information content (AvgIpc) is 2.33. The van der Waals surface area contributed by atoms with E-state index in [2.05, 4.69) is 12.2 Å². The molecule has 4 heteroatoms. The van der Waals surface area contributed by atoms with E-state index in [-0.39, 0.29) is 12.0 Å². The molecule has 0 aromatic rings. The van der Waals surface area contributed by atoms with Crippen LogP contribution in [0.3, 0.4) is 0 Å². The molecule has 0 aromatic heterocycles. The Kier molecular flexibility index (Phi) is 6.47. The van der Waals surface area contributed by atoms with Gasteiger partial charge in [0.1, 0.15) is 0 Å². The summed E-state index contributed by atoms with van der Waals surface area (Å²) >= 11 is 0. The number of rotatable bonds is 6. The SMILES string of the molecule is CCCCC(NCC)C1CCCC(C(F)(F)F)C1. The maximum absolute atomic E-state index is 12.8. The van der Waals surface area contributed by atoms with Gasteiger partial charge in [0.25, 0.3) is 0 Å². The van der Waals surface area contributed by atoms with Gasteiger partial charge in [0, 0.05) is 6.04 Å². The zero-order chi connectivity index (χ0) is 13.6. The number of hydrogen-bond donors (Lipinski definition) is 1. The smallest absolute Gasteiger partial charge is 0.314 e. The van der Waals surface area contributed by atoms with E-state index < -0.39 is 12.1 Å². The lowest BCUT2D eigenvalue weighted by Crippen LogP contribution is -2.40. The number of halogens is 3. The minimum Gasteiger partial charge on any atom is -0.314 e. The third-order valence-electron chi connectivity index (χ3n) is 4.08. The highest BCUT2D eigenvalue weighted by Gasteiger charge is 2.43. The average molecular weight is 265 g/mol. The van der Waals surface area contributed by atoms with Crippen molar-refractivity contribution in [3.63, 3.8) is 0 Å². The van der Waals surface area contributed by atoms with Gasteiger partial charge in [-0.3, -0.25) is 0 Å². The van der Waals surface area contributed by atoms with Gasteiger partial charge in [0.2, 0.25) is 0 Å². The molecule has 0 heterocycles. The minimum absolute atomic E-state index is 0.205. The molecule has 0 spiro atoms. The fourth-order valence-corrected chi connectivity index (χ4v) is 3.08. The Balaban J connectivity index is 2.55. The van der Waals surface area contributed by atoms with Gasteiger partial charge in [-0.05, 0) is 38.1 Å². The summed E-state index contributed by atoms with van der Waals surface area (Å²) in [6, 6.07) is 0.278. The molecule has 0 amide bonds. The van der Waals surface area contributed by atoms with E-state index in [1.54, 1.807) is 0 Å². The van der Waals surface area contributed by atoms with Crippen LogP contribution < -0.4 is 5.32 Å². The number of alkyl halides is 3. The van der Waals surface area contributed by atoms with Crippen molar-refractivity contribution in [1.29, 1.82) is 0 Å². The normalized spacial score (nSPS) is 27.2. The van der Waals surface area contributed by atoms with Crippen molar-refractivity contribution in [2.75, 3.05) is 6.54 Å². The van der Waals surface area contributed by atoms with Crippen LogP contribution in [0.1, 0.15) is 58.8 Å². The van der Waals surface area contributed by atoms with E-state index in [0.29, 0.717) is 12.8 Å². The van der Waals surface area contributed by atoms with E-state index >= 15 is 0 Å². The molecule has 1 rings (SSSR count). The van der Waals surface area contributed by atoms with Crippen molar-refractivity contribution in [2.24, 2.45) is 11.8 Å². The fraction of sp³-hybridized carbons (Fsp3) is 1.00. The quantitative estimate of drug-likeness (QED) is 0.744.